The second-order valence-corrected chi connectivity index (χ2v) is 7.30. The largest absolute Gasteiger partial charge is 0.342 e. The third-order valence-electron chi connectivity index (χ3n) is 4.66. The fourth-order valence-electron chi connectivity index (χ4n) is 3.45. The van der Waals surface area contributed by atoms with E-state index in [-0.39, 0.29) is 24.2 Å². The molecular formula is C17H20Cl2N2O2. The molecule has 0 aliphatic carbocycles. The Hall–Kier alpha value is -1.26. The van der Waals surface area contributed by atoms with Crippen molar-refractivity contribution < 1.29 is 9.59 Å². The fraction of sp³-hybridized carbons (Fsp3) is 0.529. The van der Waals surface area contributed by atoms with Crippen LogP contribution in [0.15, 0.2) is 18.2 Å². The summed E-state index contributed by atoms with van der Waals surface area (Å²) in [6.45, 7) is 4.13. The number of piperidine rings is 1. The number of carbonyl (C=O) groups is 2. The van der Waals surface area contributed by atoms with E-state index in [1.807, 2.05) is 4.90 Å². The summed E-state index contributed by atoms with van der Waals surface area (Å²) < 4.78 is 0. The number of anilines is 1. The number of rotatable bonds is 2. The van der Waals surface area contributed by atoms with E-state index in [0.29, 0.717) is 28.2 Å². The maximum atomic E-state index is 12.7. The molecule has 4 nitrogen and oxygen atoms in total. The second-order valence-electron chi connectivity index (χ2n) is 6.51. The molecule has 2 atom stereocenters. The molecule has 3 rings (SSSR count). The lowest BCUT2D eigenvalue weighted by molar-refractivity contribution is -0.137. The molecule has 6 heteroatoms. The van der Waals surface area contributed by atoms with Crippen molar-refractivity contribution in [3.05, 3.63) is 28.2 Å². The van der Waals surface area contributed by atoms with E-state index in [0.717, 1.165) is 25.9 Å². The van der Waals surface area contributed by atoms with Gasteiger partial charge in [-0.15, -0.1) is 0 Å². The zero-order valence-electron chi connectivity index (χ0n) is 13.1. The summed E-state index contributed by atoms with van der Waals surface area (Å²) in [4.78, 5) is 28.6. The maximum Gasteiger partial charge on any atom is 0.228 e. The van der Waals surface area contributed by atoms with Gasteiger partial charge < -0.3 is 9.80 Å². The molecule has 1 aromatic rings. The molecule has 0 radical (unpaired) electrons. The normalized spacial score (nSPS) is 25.1. The Morgan fingerprint density at radius 1 is 1.26 bits per heavy atom. The molecular weight excluding hydrogens is 335 g/mol. The number of amides is 2. The first kappa shape index (κ1) is 16.6. The van der Waals surface area contributed by atoms with Crippen LogP contribution in [0.5, 0.6) is 0 Å². The number of nitrogens with zero attached hydrogens (tertiary/aromatic N) is 2. The van der Waals surface area contributed by atoms with Gasteiger partial charge >= 0.3 is 0 Å². The Balaban J connectivity index is 1.74. The molecule has 23 heavy (non-hydrogen) atoms. The van der Waals surface area contributed by atoms with Gasteiger partial charge in [-0.3, -0.25) is 9.59 Å². The van der Waals surface area contributed by atoms with E-state index in [2.05, 4.69) is 6.92 Å². The summed E-state index contributed by atoms with van der Waals surface area (Å²) in [6, 6.07) is 5.21. The van der Waals surface area contributed by atoms with Crippen molar-refractivity contribution in [2.75, 3.05) is 24.5 Å². The molecule has 0 aromatic heterocycles. The van der Waals surface area contributed by atoms with E-state index >= 15 is 0 Å². The Kier molecular flexibility index (Phi) is 4.83. The van der Waals surface area contributed by atoms with Crippen LogP contribution in [0.2, 0.25) is 10.0 Å². The van der Waals surface area contributed by atoms with Crippen LogP contribution in [-0.2, 0) is 9.59 Å². The standard InChI is InChI=1S/C17H20Cl2N2O2/c1-11-4-3-7-20(9-11)17(23)12-8-15(22)21(10-12)14-6-2-5-13(18)16(14)19/h2,5-6,11-12H,3-4,7-10H2,1H3. The van der Waals surface area contributed by atoms with Gasteiger partial charge in [-0.25, -0.2) is 0 Å². The van der Waals surface area contributed by atoms with Gasteiger partial charge in [-0.2, -0.15) is 0 Å². The van der Waals surface area contributed by atoms with Crippen molar-refractivity contribution >= 4 is 40.7 Å². The second kappa shape index (κ2) is 6.70. The van der Waals surface area contributed by atoms with E-state index in [9.17, 15) is 9.59 Å². The molecule has 2 aliphatic rings. The van der Waals surface area contributed by atoms with Crippen LogP contribution < -0.4 is 4.90 Å². The van der Waals surface area contributed by atoms with Gasteiger partial charge in [0.15, 0.2) is 0 Å². The van der Waals surface area contributed by atoms with Crippen molar-refractivity contribution in [1.82, 2.24) is 4.90 Å². The lowest BCUT2D eigenvalue weighted by Crippen LogP contribution is -2.43. The molecule has 2 saturated heterocycles. The molecule has 2 amide bonds. The van der Waals surface area contributed by atoms with Crippen LogP contribution in [-0.4, -0.2) is 36.3 Å². The summed E-state index contributed by atoms with van der Waals surface area (Å²) in [5.74, 6) is 0.259. The Bertz CT molecular complexity index is 635. The number of hydrogen-bond acceptors (Lipinski definition) is 2. The first-order valence-corrected chi connectivity index (χ1v) is 8.76. The number of hydrogen-bond donors (Lipinski definition) is 0. The number of halogens is 2. The van der Waals surface area contributed by atoms with E-state index in [4.69, 9.17) is 23.2 Å². The van der Waals surface area contributed by atoms with Crippen LogP contribution in [0.3, 0.4) is 0 Å². The van der Waals surface area contributed by atoms with Gasteiger partial charge in [0, 0.05) is 26.1 Å². The van der Waals surface area contributed by atoms with Crippen molar-refractivity contribution in [3.63, 3.8) is 0 Å². The molecule has 0 saturated carbocycles. The third-order valence-corrected chi connectivity index (χ3v) is 5.47. The van der Waals surface area contributed by atoms with Crippen molar-refractivity contribution in [2.24, 2.45) is 11.8 Å². The highest BCUT2D eigenvalue weighted by Gasteiger charge is 2.38. The van der Waals surface area contributed by atoms with Crippen LogP contribution >= 0.6 is 23.2 Å². The Morgan fingerprint density at radius 3 is 2.78 bits per heavy atom. The van der Waals surface area contributed by atoms with Crippen LogP contribution in [0.1, 0.15) is 26.2 Å². The van der Waals surface area contributed by atoms with Gasteiger partial charge in [-0.1, -0.05) is 36.2 Å². The minimum absolute atomic E-state index is 0.0717. The van der Waals surface area contributed by atoms with Crippen molar-refractivity contribution in [3.8, 4) is 0 Å². The van der Waals surface area contributed by atoms with Gasteiger partial charge in [0.05, 0.1) is 21.7 Å². The SMILES string of the molecule is CC1CCCN(C(=O)C2CC(=O)N(c3cccc(Cl)c3Cl)C2)C1. The number of benzene rings is 1. The van der Waals surface area contributed by atoms with Crippen LogP contribution in [0.25, 0.3) is 0 Å². The van der Waals surface area contributed by atoms with E-state index in [1.54, 1.807) is 23.1 Å². The maximum absolute atomic E-state index is 12.7. The Labute approximate surface area is 146 Å². The zero-order valence-corrected chi connectivity index (χ0v) is 14.6. The summed E-state index contributed by atoms with van der Waals surface area (Å²) in [5, 5.41) is 0.777. The highest BCUT2D eigenvalue weighted by atomic mass is 35.5. The third kappa shape index (κ3) is 3.33. The van der Waals surface area contributed by atoms with Crippen molar-refractivity contribution in [2.45, 2.75) is 26.2 Å². The predicted molar refractivity (Wildman–Crippen MR) is 91.9 cm³/mol. The van der Waals surface area contributed by atoms with Crippen molar-refractivity contribution in [1.29, 1.82) is 0 Å². The molecule has 2 aliphatic heterocycles. The molecule has 2 heterocycles. The quantitative estimate of drug-likeness (QED) is 0.813. The van der Waals surface area contributed by atoms with Crippen LogP contribution in [0.4, 0.5) is 5.69 Å². The highest BCUT2D eigenvalue weighted by Crippen LogP contribution is 2.36. The molecule has 2 unspecified atom stereocenters. The fourth-order valence-corrected chi connectivity index (χ4v) is 3.85. The molecule has 2 fully saturated rings. The smallest absolute Gasteiger partial charge is 0.228 e. The van der Waals surface area contributed by atoms with E-state index in [1.165, 1.54) is 0 Å². The summed E-state index contributed by atoms with van der Waals surface area (Å²) >= 11 is 12.2. The van der Waals surface area contributed by atoms with Gasteiger partial charge in [-0.05, 0) is 30.9 Å². The molecule has 0 N–H and O–H groups in total. The molecule has 0 bridgehead atoms. The predicted octanol–water partition coefficient (Wildman–Crippen LogP) is 3.60. The monoisotopic (exact) mass is 354 g/mol. The molecule has 124 valence electrons. The first-order valence-electron chi connectivity index (χ1n) is 8.00. The average Bonchev–Trinajstić information content (AvgIpc) is 2.91. The zero-order chi connectivity index (χ0) is 16.6. The van der Waals surface area contributed by atoms with Gasteiger partial charge in [0.25, 0.3) is 0 Å². The lowest BCUT2D eigenvalue weighted by atomic mass is 9.98. The Morgan fingerprint density at radius 2 is 2.04 bits per heavy atom. The molecule has 0 spiro atoms. The summed E-state index contributed by atoms with van der Waals surface area (Å²) in [6.07, 6.45) is 2.45. The summed E-state index contributed by atoms with van der Waals surface area (Å²) in [5.41, 5.74) is 0.589. The number of likely N-dealkylation sites (tertiary alicyclic amines) is 1. The minimum atomic E-state index is -0.289. The van der Waals surface area contributed by atoms with Gasteiger partial charge in [0.1, 0.15) is 0 Å². The number of carbonyl (C=O) groups excluding carboxylic acids is 2. The topological polar surface area (TPSA) is 40.6 Å². The first-order chi connectivity index (χ1) is 11.0. The van der Waals surface area contributed by atoms with Crippen LogP contribution in [0, 0.1) is 11.8 Å². The minimum Gasteiger partial charge on any atom is -0.342 e. The molecule has 1 aromatic carbocycles. The lowest BCUT2D eigenvalue weighted by Gasteiger charge is -2.32. The summed E-state index contributed by atoms with van der Waals surface area (Å²) in [7, 11) is 0. The highest BCUT2D eigenvalue weighted by molar-refractivity contribution is 6.44. The van der Waals surface area contributed by atoms with E-state index < -0.39 is 0 Å². The average molecular weight is 355 g/mol. The van der Waals surface area contributed by atoms with Gasteiger partial charge in [0.2, 0.25) is 11.8 Å².